The summed E-state index contributed by atoms with van der Waals surface area (Å²) in [6.45, 7) is 1.89. The number of fused-ring (bicyclic) bond motifs is 1. The van der Waals surface area contributed by atoms with Crippen LogP contribution in [0, 0.1) is 6.92 Å². The van der Waals surface area contributed by atoms with Gasteiger partial charge in [-0.3, -0.25) is 9.78 Å². The Morgan fingerprint density at radius 2 is 1.86 bits per heavy atom. The molecule has 0 bridgehead atoms. The second kappa shape index (κ2) is 5.25. The third-order valence-electron chi connectivity index (χ3n) is 3.40. The highest BCUT2D eigenvalue weighted by Crippen LogP contribution is 2.26. The summed E-state index contributed by atoms with van der Waals surface area (Å²) in [4.78, 5) is 16.3. The van der Waals surface area contributed by atoms with Gasteiger partial charge in [-0.25, -0.2) is 0 Å². The molecule has 3 aromatic rings. The standard InChI is InChI=1S/C17H14N2O2/c1-11-6-7-18-10-15(11)19-17(21)14-8-12-4-2-3-5-13(12)9-16(14)20/h2-10,20H,1H3,(H,19,21). The van der Waals surface area contributed by atoms with Gasteiger partial charge in [-0.05, 0) is 41.5 Å². The maximum Gasteiger partial charge on any atom is 0.259 e. The molecule has 2 aromatic carbocycles. The van der Waals surface area contributed by atoms with E-state index in [0.29, 0.717) is 5.69 Å². The first-order valence-electron chi connectivity index (χ1n) is 6.59. The van der Waals surface area contributed by atoms with Gasteiger partial charge in [0, 0.05) is 6.20 Å². The van der Waals surface area contributed by atoms with Gasteiger partial charge in [0.25, 0.3) is 5.91 Å². The van der Waals surface area contributed by atoms with Crippen molar-refractivity contribution in [3.63, 3.8) is 0 Å². The molecule has 0 spiro atoms. The molecule has 1 amide bonds. The Morgan fingerprint density at radius 3 is 2.57 bits per heavy atom. The first-order chi connectivity index (χ1) is 10.1. The van der Waals surface area contributed by atoms with Crippen molar-refractivity contribution in [3.8, 4) is 5.75 Å². The zero-order valence-corrected chi connectivity index (χ0v) is 11.5. The van der Waals surface area contributed by atoms with Gasteiger partial charge >= 0.3 is 0 Å². The lowest BCUT2D eigenvalue weighted by atomic mass is 10.1. The monoisotopic (exact) mass is 278 g/mol. The van der Waals surface area contributed by atoms with Gasteiger partial charge in [0.15, 0.2) is 0 Å². The number of rotatable bonds is 2. The Bertz CT molecular complexity index is 828. The number of amides is 1. The highest BCUT2D eigenvalue weighted by Gasteiger charge is 2.13. The molecule has 0 unspecified atom stereocenters. The second-order valence-electron chi connectivity index (χ2n) is 4.86. The van der Waals surface area contributed by atoms with Gasteiger partial charge in [0.2, 0.25) is 0 Å². The van der Waals surface area contributed by atoms with Crippen LogP contribution in [0.15, 0.2) is 54.9 Å². The maximum atomic E-state index is 12.3. The summed E-state index contributed by atoms with van der Waals surface area (Å²) >= 11 is 0. The van der Waals surface area contributed by atoms with Gasteiger partial charge in [-0.1, -0.05) is 24.3 Å². The van der Waals surface area contributed by atoms with Crippen LogP contribution >= 0.6 is 0 Å². The Hall–Kier alpha value is -2.88. The van der Waals surface area contributed by atoms with E-state index in [0.717, 1.165) is 16.3 Å². The lowest BCUT2D eigenvalue weighted by molar-refractivity contribution is 0.102. The van der Waals surface area contributed by atoms with Crippen molar-refractivity contribution in [1.29, 1.82) is 0 Å². The SMILES string of the molecule is Cc1ccncc1NC(=O)c1cc2ccccc2cc1O. The van der Waals surface area contributed by atoms with Gasteiger partial charge in [-0.2, -0.15) is 0 Å². The van der Waals surface area contributed by atoms with E-state index in [4.69, 9.17) is 0 Å². The second-order valence-corrected chi connectivity index (χ2v) is 4.86. The molecular formula is C17H14N2O2. The highest BCUT2D eigenvalue weighted by molar-refractivity contribution is 6.08. The number of carbonyl (C=O) groups is 1. The molecular weight excluding hydrogens is 264 g/mol. The molecule has 104 valence electrons. The maximum absolute atomic E-state index is 12.3. The van der Waals surface area contributed by atoms with Crippen LogP contribution in [0.5, 0.6) is 5.75 Å². The highest BCUT2D eigenvalue weighted by atomic mass is 16.3. The van der Waals surface area contributed by atoms with E-state index in [1.54, 1.807) is 24.5 Å². The van der Waals surface area contributed by atoms with E-state index in [-0.39, 0.29) is 17.2 Å². The minimum Gasteiger partial charge on any atom is -0.507 e. The molecule has 3 rings (SSSR count). The van der Waals surface area contributed by atoms with Gasteiger partial charge in [0.1, 0.15) is 5.75 Å². The first-order valence-corrected chi connectivity index (χ1v) is 6.59. The third-order valence-corrected chi connectivity index (χ3v) is 3.40. The van der Waals surface area contributed by atoms with Crippen molar-refractivity contribution in [1.82, 2.24) is 4.98 Å². The summed E-state index contributed by atoms with van der Waals surface area (Å²) in [5, 5.41) is 14.6. The molecule has 4 heteroatoms. The van der Waals surface area contributed by atoms with Crippen LogP contribution in [0.25, 0.3) is 10.8 Å². The average Bonchev–Trinajstić information content (AvgIpc) is 2.49. The molecule has 0 fully saturated rings. The Balaban J connectivity index is 1.98. The predicted molar refractivity (Wildman–Crippen MR) is 82.5 cm³/mol. The van der Waals surface area contributed by atoms with E-state index in [1.165, 1.54) is 0 Å². The number of phenols is 1. The summed E-state index contributed by atoms with van der Waals surface area (Å²) in [5.74, 6) is -0.387. The molecule has 0 atom stereocenters. The summed E-state index contributed by atoms with van der Waals surface area (Å²) in [7, 11) is 0. The van der Waals surface area contributed by atoms with E-state index in [2.05, 4.69) is 10.3 Å². The number of aromatic nitrogens is 1. The topological polar surface area (TPSA) is 62.2 Å². The van der Waals surface area contributed by atoms with Crippen LogP contribution in [0.1, 0.15) is 15.9 Å². The predicted octanol–water partition coefficient (Wildman–Crippen LogP) is 3.50. The van der Waals surface area contributed by atoms with Crippen LogP contribution in [-0.2, 0) is 0 Å². The van der Waals surface area contributed by atoms with Crippen molar-refractivity contribution in [2.75, 3.05) is 5.32 Å². The van der Waals surface area contributed by atoms with Gasteiger partial charge in [0.05, 0.1) is 17.4 Å². The van der Waals surface area contributed by atoms with E-state index < -0.39 is 0 Å². The average molecular weight is 278 g/mol. The zero-order valence-electron chi connectivity index (χ0n) is 11.5. The number of nitrogens with one attached hydrogen (secondary N) is 1. The van der Waals surface area contributed by atoms with Crippen LogP contribution in [0.3, 0.4) is 0 Å². The van der Waals surface area contributed by atoms with Crippen LogP contribution in [0.4, 0.5) is 5.69 Å². The number of phenolic OH excluding ortho intramolecular Hbond substituents is 1. The number of pyridine rings is 1. The summed E-state index contributed by atoms with van der Waals surface area (Å²) in [6.07, 6.45) is 3.25. The molecule has 1 heterocycles. The fraction of sp³-hybridized carbons (Fsp3) is 0.0588. The van der Waals surface area contributed by atoms with E-state index >= 15 is 0 Å². The van der Waals surface area contributed by atoms with E-state index in [9.17, 15) is 9.90 Å². The van der Waals surface area contributed by atoms with Crippen molar-refractivity contribution in [2.24, 2.45) is 0 Å². The first kappa shape index (κ1) is 13.1. The van der Waals surface area contributed by atoms with Crippen molar-refractivity contribution in [3.05, 3.63) is 66.0 Å². The third kappa shape index (κ3) is 2.56. The molecule has 2 N–H and O–H groups in total. The number of benzene rings is 2. The Morgan fingerprint density at radius 1 is 1.14 bits per heavy atom. The number of carbonyl (C=O) groups excluding carboxylic acids is 1. The van der Waals surface area contributed by atoms with Crippen LogP contribution in [-0.4, -0.2) is 16.0 Å². The molecule has 4 nitrogen and oxygen atoms in total. The van der Waals surface area contributed by atoms with Crippen molar-refractivity contribution < 1.29 is 9.90 Å². The number of nitrogens with zero attached hydrogens (tertiary/aromatic N) is 1. The molecule has 0 radical (unpaired) electrons. The molecule has 0 saturated heterocycles. The smallest absolute Gasteiger partial charge is 0.259 e. The largest absolute Gasteiger partial charge is 0.507 e. The molecule has 0 aliphatic rings. The van der Waals surface area contributed by atoms with Crippen molar-refractivity contribution in [2.45, 2.75) is 6.92 Å². The van der Waals surface area contributed by atoms with E-state index in [1.807, 2.05) is 37.3 Å². The number of hydrogen-bond acceptors (Lipinski definition) is 3. The minimum atomic E-state index is -0.352. The van der Waals surface area contributed by atoms with Gasteiger partial charge < -0.3 is 10.4 Å². The fourth-order valence-electron chi connectivity index (χ4n) is 2.19. The van der Waals surface area contributed by atoms with Crippen LogP contribution < -0.4 is 5.32 Å². The van der Waals surface area contributed by atoms with Gasteiger partial charge in [-0.15, -0.1) is 0 Å². The zero-order chi connectivity index (χ0) is 14.8. The van der Waals surface area contributed by atoms with Crippen LogP contribution in [0.2, 0.25) is 0 Å². The molecule has 0 aliphatic carbocycles. The number of aromatic hydroxyl groups is 1. The molecule has 0 saturated carbocycles. The fourth-order valence-corrected chi connectivity index (χ4v) is 2.19. The Kier molecular flexibility index (Phi) is 3.28. The lowest BCUT2D eigenvalue weighted by Crippen LogP contribution is -2.13. The summed E-state index contributed by atoms with van der Waals surface area (Å²) < 4.78 is 0. The number of anilines is 1. The normalized spacial score (nSPS) is 10.5. The summed E-state index contributed by atoms with van der Waals surface area (Å²) in [6, 6.07) is 12.7. The molecule has 21 heavy (non-hydrogen) atoms. The Labute approximate surface area is 122 Å². The molecule has 1 aromatic heterocycles. The quantitative estimate of drug-likeness (QED) is 0.754. The minimum absolute atomic E-state index is 0.0345. The number of aryl methyl sites for hydroxylation is 1. The van der Waals surface area contributed by atoms with Crippen molar-refractivity contribution >= 4 is 22.4 Å². The molecule has 0 aliphatic heterocycles. The summed E-state index contributed by atoms with van der Waals surface area (Å²) in [5.41, 5.74) is 1.80. The number of hydrogen-bond donors (Lipinski definition) is 2. The lowest BCUT2D eigenvalue weighted by Gasteiger charge is -2.10.